The second-order valence-corrected chi connectivity index (χ2v) is 5.69. The van der Waals surface area contributed by atoms with Crippen molar-refractivity contribution < 1.29 is 22.4 Å². The van der Waals surface area contributed by atoms with Crippen LogP contribution in [-0.4, -0.2) is 29.6 Å². The molecule has 0 aliphatic heterocycles. The van der Waals surface area contributed by atoms with Crippen molar-refractivity contribution >= 4 is 17.5 Å². The van der Waals surface area contributed by atoms with E-state index in [2.05, 4.69) is 0 Å². The summed E-state index contributed by atoms with van der Waals surface area (Å²) in [6.07, 6.45) is -2.98. The van der Waals surface area contributed by atoms with Crippen LogP contribution in [0, 0.1) is 11.7 Å². The van der Waals surface area contributed by atoms with Crippen LogP contribution in [0.1, 0.15) is 30.1 Å². The molecule has 1 unspecified atom stereocenters. The molecule has 7 heteroatoms. The molecule has 0 N–H and O–H groups in total. The lowest BCUT2D eigenvalue weighted by molar-refractivity contribution is -0.144. The zero-order valence-electron chi connectivity index (χ0n) is 11.3. The maximum Gasteiger partial charge on any atom is 0.406 e. The highest BCUT2D eigenvalue weighted by molar-refractivity contribution is 6.31. The molecule has 2 rings (SSSR count). The standard InChI is InChI=1S/C14H14ClF4NO/c1-8(9-2-3-9)20(7-14(17,18)19)13(21)11-6-10(15)4-5-12(11)16/h4-6,8-9H,2-3,7H2,1H3. The fraction of sp³-hybridized carbons (Fsp3) is 0.500. The van der Waals surface area contributed by atoms with Crippen LogP contribution in [0.2, 0.25) is 5.02 Å². The van der Waals surface area contributed by atoms with Crippen molar-refractivity contribution in [3.05, 3.63) is 34.6 Å². The van der Waals surface area contributed by atoms with Gasteiger partial charge in [0.25, 0.3) is 5.91 Å². The molecule has 1 saturated carbocycles. The minimum absolute atomic E-state index is 0.0403. The Morgan fingerprint density at radius 3 is 2.57 bits per heavy atom. The number of benzene rings is 1. The van der Waals surface area contributed by atoms with Crippen LogP contribution in [0.3, 0.4) is 0 Å². The Hall–Kier alpha value is -1.30. The molecule has 0 saturated heterocycles. The summed E-state index contributed by atoms with van der Waals surface area (Å²) in [5.74, 6) is -1.81. The SMILES string of the molecule is CC(C1CC1)N(CC(F)(F)F)C(=O)c1cc(Cl)ccc1F. The smallest absolute Gasteiger partial charge is 0.326 e. The molecule has 1 fully saturated rings. The van der Waals surface area contributed by atoms with Gasteiger partial charge >= 0.3 is 6.18 Å². The zero-order chi connectivity index (χ0) is 15.8. The second-order valence-electron chi connectivity index (χ2n) is 5.25. The molecule has 0 heterocycles. The molecule has 1 atom stereocenters. The Morgan fingerprint density at radius 2 is 2.05 bits per heavy atom. The van der Waals surface area contributed by atoms with E-state index in [9.17, 15) is 22.4 Å². The summed E-state index contributed by atoms with van der Waals surface area (Å²) in [6.45, 7) is 0.166. The van der Waals surface area contributed by atoms with E-state index in [0.29, 0.717) is 4.90 Å². The summed E-state index contributed by atoms with van der Waals surface area (Å²) >= 11 is 5.69. The number of carbonyl (C=O) groups excluding carboxylic acids is 1. The molecule has 1 aliphatic rings. The topological polar surface area (TPSA) is 20.3 Å². The van der Waals surface area contributed by atoms with Crippen LogP contribution in [0.4, 0.5) is 17.6 Å². The number of rotatable bonds is 4. The van der Waals surface area contributed by atoms with Gasteiger partial charge in [-0.1, -0.05) is 11.6 Å². The van der Waals surface area contributed by atoms with Gasteiger partial charge in [0.15, 0.2) is 0 Å². The van der Waals surface area contributed by atoms with Crippen LogP contribution >= 0.6 is 11.6 Å². The molecular formula is C14H14ClF4NO. The maximum atomic E-state index is 13.7. The monoisotopic (exact) mass is 323 g/mol. The predicted molar refractivity (Wildman–Crippen MR) is 70.7 cm³/mol. The summed E-state index contributed by atoms with van der Waals surface area (Å²) in [7, 11) is 0. The Kier molecular flexibility index (Phi) is 4.46. The Bertz CT molecular complexity index is 542. The van der Waals surface area contributed by atoms with Gasteiger partial charge in [-0.2, -0.15) is 13.2 Å². The third-order valence-electron chi connectivity index (χ3n) is 3.57. The Morgan fingerprint density at radius 1 is 1.43 bits per heavy atom. The summed E-state index contributed by atoms with van der Waals surface area (Å²) in [5.41, 5.74) is -0.431. The lowest BCUT2D eigenvalue weighted by atomic mass is 10.1. The third kappa shape index (κ3) is 4.09. The van der Waals surface area contributed by atoms with E-state index in [1.165, 1.54) is 6.07 Å². The highest BCUT2D eigenvalue weighted by Gasteiger charge is 2.41. The average Bonchev–Trinajstić information content (AvgIpc) is 3.20. The molecule has 1 aliphatic carbocycles. The number of alkyl halides is 3. The van der Waals surface area contributed by atoms with Gasteiger partial charge in [-0.05, 0) is 43.9 Å². The molecule has 0 aromatic heterocycles. The number of hydrogen-bond donors (Lipinski definition) is 0. The maximum absolute atomic E-state index is 13.7. The van der Waals surface area contributed by atoms with E-state index in [4.69, 9.17) is 11.6 Å². The molecule has 21 heavy (non-hydrogen) atoms. The fourth-order valence-electron chi connectivity index (χ4n) is 2.24. The zero-order valence-corrected chi connectivity index (χ0v) is 12.0. The first-order chi connectivity index (χ1) is 9.69. The lowest BCUT2D eigenvalue weighted by Gasteiger charge is -2.30. The Balaban J connectivity index is 2.30. The van der Waals surface area contributed by atoms with Crippen LogP contribution in [-0.2, 0) is 0 Å². The fourth-order valence-corrected chi connectivity index (χ4v) is 2.42. The number of amides is 1. The molecule has 116 valence electrons. The van der Waals surface area contributed by atoms with Crippen molar-refractivity contribution in [3.8, 4) is 0 Å². The molecule has 0 spiro atoms. The third-order valence-corrected chi connectivity index (χ3v) is 3.80. The molecule has 2 nitrogen and oxygen atoms in total. The van der Waals surface area contributed by atoms with Gasteiger partial charge in [0.1, 0.15) is 12.4 Å². The van der Waals surface area contributed by atoms with Gasteiger partial charge in [-0.25, -0.2) is 4.39 Å². The minimum atomic E-state index is -4.53. The van der Waals surface area contributed by atoms with Crippen molar-refractivity contribution in [2.45, 2.75) is 32.0 Å². The van der Waals surface area contributed by atoms with Crippen LogP contribution in [0.5, 0.6) is 0 Å². The minimum Gasteiger partial charge on any atom is -0.326 e. The van der Waals surface area contributed by atoms with Crippen molar-refractivity contribution in [1.82, 2.24) is 4.90 Å². The molecular weight excluding hydrogens is 310 g/mol. The number of hydrogen-bond acceptors (Lipinski definition) is 1. The van der Waals surface area contributed by atoms with Gasteiger partial charge in [0, 0.05) is 11.1 Å². The molecule has 1 aromatic rings. The van der Waals surface area contributed by atoms with E-state index in [0.717, 1.165) is 25.0 Å². The van der Waals surface area contributed by atoms with Crippen LogP contribution in [0.15, 0.2) is 18.2 Å². The van der Waals surface area contributed by atoms with Gasteiger partial charge in [-0.3, -0.25) is 4.79 Å². The van der Waals surface area contributed by atoms with E-state index in [1.807, 2.05) is 0 Å². The van der Waals surface area contributed by atoms with Crippen molar-refractivity contribution in [2.75, 3.05) is 6.54 Å². The molecule has 1 amide bonds. The van der Waals surface area contributed by atoms with Gasteiger partial charge < -0.3 is 4.90 Å². The van der Waals surface area contributed by atoms with Crippen molar-refractivity contribution in [3.63, 3.8) is 0 Å². The van der Waals surface area contributed by atoms with E-state index in [1.54, 1.807) is 6.92 Å². The first-order valence-electron chi connectivity index (χ1n) is 6.52. The normalized spacial score (nSPS) is 16.7. The summed E-state index contributed by atoms with van der Waals surface area (Å²) < 4.78 is 51.8. The summed E-state index contributed by atoms with van der Waals surface area (Å²) in [6, 6.07) is 2.69. The molecule has 0 bridgehead atoms. The van der Waals surface area contributed by atoms with Crippen molar-refractivity contribution in [1.29, 1.82) is 0 Å². The van der Waals surface area contributed by atoms with Gasteiger partial charge in [-0.15, -0.1) is 0 Å². The van der Waals surface area contributed by atoms with Gasteiger partial charge in [0.05, 0.1) is 5.56 Å². The first-order valence-corrected chi connectivity index (χ1v) is 6.89. The van der Waals surface area contributed by atoms with Gasteiger partial charge in [0.2, 0.25) is 0 Å². The number of nitrogens with zero attached hydrogens (tertiary/aromatic N) is 1. The first kappa shape index (κ1) is 16.1. The van der Waals surface area contributed by atoms with E-state index in [-0.39, 0.29) is 10.9 Å². The highest BCUT2D eigenvalue weighted by Crippen LogP contribution is 2.37. The predicted octanol–water partition coefficient (Wildman–Crippen LogP) is 4.28. The largest absolute Gasteiger partial charge is 0.406 e. The van der Waals surface area contributed by atoms with Crippen LogP contribution < -0.4 is 0 Å². The van der Waals surface area contributed by atoms with E-state index >= 15 is 0 Å². The lowest BCUT2D eigenvalue weighted by Crippen LogP contribution is -2.45. The number of halogens is 5. The quantitative estimate of drug-likeness (QED) is 0.757. The number of carbonyl (C=O) groups is 1. The average molecular weight is 324 g/mol. The van der Waals surface area contributed by atoms with Crippen LogP contribution in [0.25, 0.3) is 0 Å². The van der Waals surface area contributed by atoms with E-state index < -0.39 is 36.1 Å². The highest BCUT2D eigenvalue weighted by atomic mass is 35.5. The summed E-state index contributed by atoms with van der Waals surface area (Å²) in [4.78, 5) is 13.0. The molecule has 0 radical (unpaired) electrons. The summed E-state index contributed by atoms with van der Waals surface area (Å²) in [5, 5.41) is 0.103. The Labute approximate surface area is 124 Å². The van der Waals surface area contributed by atoms with Crippen molar-refractivity contribution in [2.24, 2.45) is 5.92 Å². The second kappa shape index (κ2) is 5.83. The molecule has 1 aromatic carbocycles.